The fourth-order valence-corrected chi connectivity index (χ4v) is 1.49. The molecule has 0 unspecified atom stereocenters. The summed E-state index contributed by atoms with van der Waals surface area (Å²) in [6.07, 6.45) is 5.14. The molecule has 0 aliphatic heterocycles. The van der Waals surface area contributed by atoms with Gasteiger partial charge >= 0.3 is 0 Å². The third-order valence-corrected chi connectivity index (χ3v) is 2.33. The number of amides is 1. The molecular formula is C9H7Cl4N3O2. The topological polar surface area (TPSA) is 68.0 Å². The number of rotatable bonds is 2. The monoisotopic (exact) mass is 329 g/mol. The van der Waals surface area contributed by atoms with Crippen LogP contribution in [0.25, 0.3) is 0 Å². The number of nitrogens with one attached hydrogen (secondary N) is 1. The summed E-state index contributed by atoms with van der Waals surface area (Å²) in [5.74, 6) is -0.455. The van der Waals surface area contributed by atoms with Crippen LogP contribution in [0.1, 0.15) is 10.5 Å². The number of hydrogen-bond donors (Lipinski definition) is 1. The molecule has 2 rings (SSSR count). The first-order chi connectivity index (χ1) is 7.68. The Morgan fingerprint density at radius 3 is 2.33 bits per heavy atom. The van der Waals surface area contributed by atoms with Crippen LogP contribution >= 0.6 is 48.0 Å². The van der Waals surface area contributed by atoms with E-state index >= 15 is 0 Å². The number of oxazole rings is 1. The van der Waals surface area contributed by atoms with Gasteiger partial charge in [-0.05, 0) is 0 Å². The number of anilines is 1. The second kappa shape index (κ2) is 7.43. The fourth-order valence-electron chi connectivity index (χ4n) is 1.03. The minimum absolute atomic E-state index is 0. The molecule has 0 aromatic carbocycles. The standard InChI is InChI=1S/C9H5Cl2N3O2.2ClH/c10-5-1-12-2-6(11)8(5)14-9(15)7-3-16-4-13-7;;/h1-4H,(H,12,14,15);2*1H. The third-order valence-electron chi connectivity index (χ3n) is 1.76. The van der Waals surface area contributed by atoms with E-state index in [4.69, 9.17) is 23.2 Å². The lowest BCUT2D eigenvalue weighted by Crippen LogP contribution is -2.13. The molecule has 0 aliphatic rings. The van der Waals surface area contributed by atoms with Crippen molar-refractivity contribution in [2.45, 2.75) is 0 Å². The van der Waals surface area contributed by atoms with Gasteiger partial charge in [-0.2, -0.15) is 0 Å². The molecule has 0 bridgehead atoms. The van der Waals surface area contributed by atoms with Crippen molar-refractivity contribution in [2.75, 3.05) is 5.32 Å². The Kier molecular flexibility index (Phi) is 7.01. The molecule has 9 heteroatoms. The lowest BCUT2D eigenvalue weighted by Gasteiger charge is -2.06. The van der Waals surface area contributed by atoms with Crippen LogP contribution in [0.5, 0.6) is 0 Å². The Bertz CT molecular complexity index is 498. The SMILES string of the molecule is Cl.Cl.O=C(Nc1c(Cl)cncc1Cl)c1cocn1. The van der Waals surface area contributed by atoms with Gasteiger partial charge in [0.15, 0.2) is 12.1 Å². The van der Waals surface area contributed by atoms with E-state index in [1.807, 2.05) is 0 Å². The summed E-state index contributed by atoms with van der Waals surface area (Å²) in [6, 6.07) is 0. The maximum absolute atomic E-state index is 11.6. The molecule has 2 heterocycles. The highest BCUT2D eigenvalue weighted by Crippen LogP contribution is 2.28. The van der Waals surface area contributed by atoms with Crippen LogP contribution in [-0.4, -0.2) is 15.9 Å². The normalized spacial score (nSPS) is 9.00. The van der Waals surface area contributed by atoms with Crippen molar-refractivity contribution >= 4 is 59.6 Å². The zero-order chi connectivity index (χ0) is 11.5. The molecule has 0 aliphatic carbocycles. The van der Waals surface area contributed by atoms with E-state index in [1.165, 1.54) is 18.7 Å². The van der Waals surface area contributed by atoms with Crippen LogP contribution in [0.3, 0.4) is 0 Å². The van der Waals surface area contributed by atoms with Crippen LogP contribution in [0.2, 0.25) is 10.0 Å². The van der Waals surface area contributed by atoms with Gasteiger partial charge in [0.25, 0.3) is 5.91 Å². The highest BCUT2D eigenvalue weighted by atomic mass is 35.5. The Balaban J connectivity index is 0.00000144. The lowest BCUT2D eigenvalue weighted by atomic mass is 10.3. The molecule has 5 nitrogen and oxygen atoms in total. The first kappa shape index (κ1) is 17.0. The van der Waals surface area contributed by atoms with Gasteiger partial charge in [-0.3, -0.25) is 9.78 Å². The van der Waals surface area contributed by atoms with Gasteiger partial charge in [-0.15, -0.1) is 24.8 Å². The van der Waals surface area contributed by atoms with E-state index < -0.39 is 5.91 Å². The minimum atomic E-state index is -0.455. The van der Waals surface area contributed by atoms with E-state index in [0.717, 1.165) is 6.39 Å². The van der Waals surface area contributed by atoms with E-state index in [2.05, 4.69) is 19.7 Å². The summed E-state index contributed by atoms with van der Waals surface area (Å²) in [5.41, 5.74) is 0.440. The van der Waals surface area contributed by atoms with Crippen molar-refractivity contribution in [2.24, 2.45) is 0 Å². The summed E-state index contributed by atoms with van der Waals surface area (Å²) in [5, 5.41) is 3.02. The predicted octanol–water partition coefficient (Wildman–Crippen LogP) is 3.47. The minimum Gasteiger partial charge on any atom is -0.451 e. The molecule has 0 atom stereocenters. The van der Waals surface area contributed by atoms with Gasteiger partial charge in [0.1, 0.15) is 6.26 Å². The van der Waals surface area contributed by atoms with Crippen molar-refractivity contribution in [3.05, 3.63) is 40.8 Å². The van der Waals surface area contributed by atoms with Gasteiger partial charge in [0, 0.05) is 12.4 Å². The van der Waals surface area contributed by atoms with Crippen molar-refractivity contribution < 1.29 is 9.21 Å². The van der Waals surface area contributed by atoms with Crippen molar-refractivity contribution in [3.8, 4) is 0 Å². The van der Waals surface area contributed by atoms with Gasteiger partial charge in [0.2, 0.25) is 0 Å². The molecule has 98 valence electrons. The Morgan fingerprint density at radius 1 is 1.22 bits per heavy atom. The number of carbonyl (C=O) groups excluding carboxylic acids is 1. The maximum atomic E-state index is 11.6. The molecule has 0 saturated heterocycles. The second-order valence-corrected chi connectivity index (χ2v) is 3.62. The summed E-state index contributed by atoms with van der Waals surface area (Å²) in [7, 11) is 0. The van der Waals surface area contributed by atoms with Gasteiger partial charge in [-0.1, -0.05) is 23.2 Å². The zero-order valence-electron chi connectivity index (χ0n) is 8.59. The Hall–Kier alpha value is -1.01. The van der Waals surface area contributed by atoms with Crippen LogP contribution < -0.4 is 5.32 Å². The van der Waals surface area contributed by atoms with Gasteiger partial charge in [-0.25, -0.2) is 4.98 Å². The maximum Gasteiger partial charge on any atom is 0.277 e. The van der Waals surface area contributed by atoms with Crippen molar-refractivity contribution in [1.29, 1.82) is 0 Å². The number of hydrogen-bond acceptors (Lipinski definition) is 4. The summed E-state index contributed by atoms with van der Waals surface area (Å²) >= 11 is 11.7. The number of aromatic nitrogens is 2. The average Bonchev–Trinajstić information content (AvgIpc) is 2.76. The van der Waals surface area contributed by atoms with Crippen molar-refractivity contribution in [3.63, 3.8) is 0 Å². The molecule has 0 fully saturated rings. The largest absolute Gasteiger partial charge is 0.451 e. The highest BCUT2D eigenvalue weighted by Gasteiger charge is 2.13. The number of pyridine rings is 1. The molecule has 0 radical (unpaired) electrons. The number of halogens is 4. The predicted molar refractivity (Wildman–Crippen MR) is 73.2 cm³/mol. The van der Waals surface area contributed by atoms with E-state index in [1.54, 1.807) is 0 Å². The Labute approximate surface area is 125 Å². The van der Waals surface area contributed by atoms with E-state index in [-0.39, 0.29) is 40.6 Å². The molecule has 2 aromatic rings. The summed E-state index contributed by atoms with van der Waals surface area (Å²) in [6.45, 7) is 0. The van der Waals surface area contributed by atoms with Gasteiger partial charge in [0.05, 0.1) is 15.7 Å². The lowest BCUT2D eigenvalue weighted by molar-refractivity contribution is 0.102. The van der Waals surface area contributed by atoms with Crippen LogP contribution in [0, 0.1) is 0 Å². The quantitative estimate of drug-likeness (QED) is 0.915. The summed E-state index contributed by atoms with van der Waals surface area (Å²) < 4.78 is 4.68. The molecule has 2 aromatic heterocycles. The Morgan fingerprint density at radius 2 is 1.83 bits per heavy atom. The fraction of sp³-hybridized carbons (Fsp3) is 0. The molecule has 0 spiro atoms. The summed E-state index contributed by atoms with van der Waals surface area (Å²) in [4.78, 5) is 19.1. The van der Waals surface area contributed by atoms with E-state index in [0.29, 0.717) is 5.69 Å². The number of nitrogens with zero attached hydrogens (tertiary/aromatic N) is 2. The van der Waals surface area contributed by atoms with Crippen molar-refractivity contribution in [1.82, 2.24) is 9.97 Å². The molecule has 0 saturated carbocycles. The third kappa shape index (κ3) is 3.74. The molecule has 1 N–H and O–H groups in total. The molecule has 18 heavy (non-hydrogen) atoms. The number of carbonyl (C=O) groups is 1. The first-order valence-electron chi connectivity index (χ1n) is 4.17. The van der Waals surface area contributed by atoms with E-state index in [9.17, 15) is 4.79 Å². The molecule has 1 amide bonds. The van der Waals surface area contributed by atoms with Crippen LogP contribution in [-0.2, 0) is 0 Å². The van der Waals surface area contributed by atoms with Crippen LogP contribution in [0.15, 0.2) is 29.5 Å². The smallest absolute Gasteiger partial charge is 0.277 e. The average molecular weight is 331 g/mol. The zero-order valence-corrected chi connectivity index (χ0v) is 11.7. The van der Waals surface area contributed by atoms with Gasteiger partial charge < -0.3 is 9.73 Å². The highest BCUT2D eigenvalue weighted by molar-refractivity contribution is 6.39. The van der Waals surface area contributed by atoms with Crippen LogP contribution in [0.4, 0.5) is 5.69 Å². The second-order valence-electron chi connectivity index (χ2n) is 2.81. The molecular weight excluding hydrogens is 324 g/mol. The first-order valence-corrected chi connectivity index (χ1v) is 4.92.